The Kier molecular flexibility index (Phi) is 3.41. The third-order valence-electron chi connectivity index (χ3n) is 4.13. The molecular weight excluding hydrogens is 212 g/mol. The summed E-state index contributed by atoms with van der Waals surface area (Å²) in [5.41, 5.74) is 0. The molecule has 0 spiro atoms. The summed E-state index contributed by atoms with van der Waals surface area (Å²) in [5, 5.41) is 7.51. The van der Waals surface area contributed by atoms with E-state index in [1.54, 1.807) is 0 Å². The SMILES string of the molecule is C1CCC(c2n[nH]c(CCN3CCCC3)n2)C1. The van der Waals surface area contributed by atoms with Crippen molar-refractivity contribution in [1.29, 1.82) is 0 Å². The first-order valence-corrected chi connectivity index (χ1v) is 7.05. The Morgan fingerprint density at radius 3 is 2.65 bits per heavy atom. The number of rotatable bonds is 4. The molecule has 4 nitrogen and oxygen atoms in total. The van der Waals surface area contributed by atoms with Gasteiger partial charge in [0.2, 0.25) is 0 Å². The van der Waals surface area contributed by atoms with Gasteiger partial charge in [-0.3, -0.25) is 5.10 Å². The molecule has 1 saturated carbocycles. The second-order valence-corrected chi connectivity index (χ2v) is 5.42. The molecule has 94 valence electrons. The van der Waals surface area contributed by atoms with Crippen LogP contribution in [0.1, 0.15) is 56.1 Å². The maximum absolute atomic E-state index is 4.66. The summed E-state index contributed by atoms with van der Waals surface area (Å²) < 4.78 is 0. The lowest BCUT2D eigenvalue weighted by Gasteiger charge is -2.12. The van der Waals surface area contributed by atoms with Crippen molar-refractivity contribution >= 4 is 0 Å². The zero-order chi connectivity index (χ0) is 11.5. The van der Waals surface area contributed by atoms with Gasteiger partial charge >= 0.3 is 0 Å². The van der Waals surface area contributed by atoms with Crippen molar-refractivity contribution in [3.8, 4) is 0 Å². The molecule has 3 rings (SSSR count). The van der Waals surface area contributed by atoms with Crippen molar-refractivity contribution in [2.45, 2.75) is 50.9 Å². The summed E-state index contributed by atoms with van der Waals surface area (Å²) in [6, 6.07) is 0. The molecule has 4 heteroatoms. The van der Waals surface area contributed by atoms with Gasteiger partial charge < -0.3 is 4.90 Å². The minimum Gasteiger partial charge on any atom is -0.303 e. The van der Waals surface area contributed by atoms with E-state index >= 15 is 0 Å². The highest BCUT2D eigenvalue weighted by Crippen LogP contribution is 2.31. The van der Waals surface area contributed by atoms with Gasteiger partial charge in [-0.25, -0.2) is 4.98 Å². The third-order valence-corrected chi connectivity index (χ3v) is 4.13. The molecular formula is C13H22N4. The number of nitrogens with zero attached hydrogens (tertiary/aromatic N) is 3. The zero-order valence-corrected chi connectivity index (χ0v) is 10.5. The number of H-pyrrole nitrogens is 1. The Balaban J connectivity index is 1.52. The number of likely N-dealkylation sites (tertiary alicyclic amines) is 1. The highest BCUT2D eigenvalue weighted by Gasteiger charge is 2.21. The van der Waals surface area contributed by atoms with Crippen molar-refractivity contribution in [3.63, 3.8) is 0 Å². The Morgan fingerprint density at radius 1 is 1.12 bits per heavy atom. The highest BCUT2D eigenvalue weighted by atomic mass is 15.2. The zero-order valence-electron chi connectivity index (χ0n) is 10.5. The van der Waals surface area contributed by atoms with E-state index in [9.17, 15) is 0 Å². The molecule has 2 aliphatic rings. The first kappa shape index (κ1) is 11.2. The molecule has 1 saturated heterocycles. The van der Waals surface area contributed by atoms with E-state index in [1.807, 2.05) is 0 Å². The lowest BCUT2D eigenvalue weighted by Crippen LogP contribution is -2.22. The number of hydrogen-bond donors (Lipinski definition) is 1. The van der Waals surface area contributed by atoms with Crippen LogP contribution < -0.4 is 0 Å². The van der Waals surface area contributed by atoms with Gasteiger partial charge in [0, 0.05) is 18.9 Å². The molecule has 0 unspecified atom stereocenters. The minimum atomic E-state index is 0.631. The quantitative estimate of drug-likeness (QED) is 0.867. The van der Waals surface area contributed by atoms with Crippen LogP contribution in [0.3, 0.4) is 0 Å². The molecule has 2 heterocycles. The van der Waals surface area contributed by atoms with E-state index < -0.39 is 0 Å². The van der Waals surface area contributed by atoms with Crippen LogP contribution in [-0.4, -0.2) is 39.7 Å². The van der Waals surface area contributed by atoms with E-state index in [1.165, 1.54) is 51.6 Å². The molecule has 0 radical (unpaired) electrons. The number of aromatic nitrogens is 3. The summed E-state index contributed by atoms with van der Waals surface area (Å²) in [6.07, 6.45) is 9.02. The van der Waals surface area contributed by atoms with Crippen LogP contribution in [0.5, 0.6) is 0 Å². The predicted molar refractivity (Wildman–Crippen MR) is 67.0 cm³/mol. The third kappa shape index (κ3) is 2.68. The molecule has 1 aliphatic carbocycles. The number of aromatic amines is 1. The first-order valence-electron chi connectivity index (χ1n) is 7.05. The normalized spacial score (nSPS) is 22.6. The topological polar surface area (TPSA) is 44.8 Å². The van der Waals surface area contributed by atoms with E-state index in [4.69, 9.17) is 0 Å². The predicted octanol–water partition coefficient (Wildman–Crippen LogP) is 2.10. The van der Waals surface area contributed by atoms with Gasteiger partial charge in [0.05, 0.1) is 0 Å². The number of nitrogens with one attached hydrogen (secondary N) is 1. The van der Waals surface area contributed by atoms with Crippen LogP contribution in [0.2, 0.25) is 0 Å². The maximum atomic E-state index is 4.66. The molecule has 1 aromatic heterocycles. The Hall–Kier alpha value is -0.900. The van der Waals surface area contributed by atoms with Gasteiger partial charge in [-0.05, 0) is 38.8 Å². The van der Waals surface area contributed by atoms with Crippen molar-refractivity contribution in [3.05, 3.63) is 11.6 Å². The van der Waals surface area contributed by atoms with Crippen LogP contribution in [0.25, 0.3) is 0 Å². The lowest BCUT2D eigenvalue weighted by atomic mass is 10.1. The van der Waals surface area contributed by atoms with Gasteiger partial charge in [0.15, 0.2) is 5.82 Å². The smallest absolute Gasteiger partial charge is 0.153 e. The fourth-order valence-corrected chi connectivity index (χ4v) is 3.06. The summed E-state index contributed by atoms with van der Waals surface area (Å²) in [7, 11) is 0. The van der Waals surface area contributed by atoms with Crippen LogP contribution in [-0.2, 0) is 6.42 Å². The first-order chi connectivity index (χ1) is 8.42. The molecule has 1 N–H and O–H groups in total. The van der Waals surface area contributed by atoms with Crippen LogP contribution >= 0.6 is 0 Å². The minimum absolute atomic E-state index is 0.631. The average molecular weight is 234 g/mol. The summed E-state index contributed by atoms with van der Waals surface area (Å²) >= 11 is 0. The Labute approximate surface area is 103 Å². The molecule has 0 atom stereocenters. The molecule has 0 bridgehead atoms. The molecule has 2 fully saturated rings. The van der Waals surface area contributed by atoms with E-state index in [0.717, 1.165) is 24.6 Å². The Bertz CT molecular complexity index is 348. The summed E-state index contributed by atoms with van der Waals surface area (Å²) in [6.45, 7) is 3.67. The number of hydrogen-bond acceptors (Lipinski definition) is 3. The second kappa shape index (κ2) is 5.17. The standard InChI is InChI=1S/C13H22N4/c1-2-6-11(5-1)13-14-12(15-16-13)7-10-17-8-3-4-9-17/h11H,1-10H2,(H,14,15,16). The fourth-order valence-electron chi connectivity index (χ4n) is 3.06. The lowest BCUT2D eigenvalue weighted by molar-refractivity contribution is 0.341. The maximum Gasteiger partial charge on any atom is 0.153 e. The largest absolute Gasteiger partial charge is 0.303 e. The molecule has 0 amide bonds. The fraction of sp³-hybridized carbons (Fsp3) is 0.846. The molecule has 1 aliphatic heterocycles. The Morgan fingerprint density at radius 2 is 1.88 bits per heavy atom. The van der Waals surface area contributed by atoms with Crippen LogP contribution in [0.15, 0.2) is 0 Å². The second-order valence-electron chi connectivity index (χ2n) is 5.42. The summed E-state index contributed by atoms with van der Waals surface area (Å²) in [5.74, 6) is 2.78. The highest BCUT2D eigenvalue weighted by molar-refractivity contribution is 5.00. The van der Waals surface area contributed by atoms with E-state index in [0.29, 0.717) is 5.92 Å². The van der Waals surface area contributed by atoms with Gasteiger partial charge in [-0.15, -0.1) is 0 Å². The van der Waals surface area contributed by atoms with Gasteiger partial charge in [-0.2, -0.15) is 5.10 Å². The van der Waals surface area contributed by atoms with E-state index in [2.05, 4.69) is 20.1 Å². The monoisotopic (exact) mass is 234 g/mol. The van der Waals surface area contributed by atoms with Gasteiger partial charge in [0.1, 0.15) is 5.82 Å². The van der Waals surface area contributed by atoms with Crippen LogP contribution in [0.4, 0.5) is 0 Å². The van der Waals surface area contributed by atoms with Crippen molar-refractivity contribution in [2.75, 3.05) is 19.6 Å². The van der Waals surface area contributed by atoms with Gasteiger partial charge in [-0.1, -0.05) is 12.8 Å². The van der Waals surface area contributed by atoms with E-state index in [-0.39, 0.29) is 0 Å². The van der Waals surface area contributed by atoms with Crippen molar-refractivity contribution < 1.29 is 0 Å². The molecule has 17 heavy (non-hydrogen) atoms. The molecule has 1 aromatic rings. The molecule has 0 aromatic carbocycles. The van der Waals surface area contributed by atoms with Crippen molar-refractivity contribution in [1.82, 2.24) is 20.1 Å². The van der Waals surface area contributed by atoms with Crippen LogP contribution in [0, 0.1) is 0 Å². The van der Waals surface area contributed by atoms with Crippen molar-refractivity contribution in [2.24, 2.45) is 0 Å². The average Bonchev–Trinajstić information content (AvgIpc) is 3.09. The van der Waals surface area contributed by atoms with Gasteiger partial charge in [0.25, 0.3) is 0 Å². The summed E-state index contributed by atoms with van der Waals surface area (Å²) in [4.78, 5) is 7.19.